The van der Waals surface area contributed by atoms with Crippen molar-refractivity contribution >= 4 is 14.0 Å². The van der Waals surface area contributed by atoms with Gasteiger partial charge in [-0.1, -0.05) is 131 Å². The zero-order chi connectivity index (χ0) is 42.7. The van der Waals surface area contributed by atoms with Crippen LogP contribution in [0.15, 0.2) is 164 Å². The van der Waals surface area contributed by atoms with E-state index in [1.54, 1.807) is 6.07 Å². The second-order valence-electron chi connectivity index (χ2n) is 17.4. The molecule has 0 fully saturated rings. The van der Waals surface area contributed by atoms with Gasteiger partial charge in [0.1, 0.15) is 0 Å². The summed E-state index contributed by atoms with van der Waals surface area (Å²) in [6.45, 7) is 13.9. The van der Waals surface area contributed by atoms with Crippen molar-refractivity contribution in [2.24, 2.45) is 0 Å². The molecule has 0 nitrogen and oxygen atoms in total. The smallest absolute Gasteiger partial charge is 0.109 e. The van der Waals surface area contributed by atoms with Crippen molar-refractivity contribution in [3.63, 3.8) is 0 Å². The van der Waals surface area contributed by atoms with Crippen LogP contribution in [0, 0.1) is 12.1 Å². The summed E-state index contributed by atoms with van der Waals surface area (Å²) in [4.78, 5) is 0. The van der Waals surface area contributed by atoms with Crippen molar-refractivity contribution in [1.82, 2.24) is 0 Å². The molecular formula is C56H49F3Zr. The molecule has 9 rings (SSSR count). The molecule has 4 heteroatoms. The van der Waals surface area contributed by atoms with Crippen molar-refractivity contribution in [2.45, 2.75) is 71.4 Å². The molecule has 0 aliphatic heterocycles. The minimum atomic E-state index is -4.31. The Labute approximate surface area is 368 Å². The quantitative estimate of drug-likeness (QED) is 0.155. The maximum Gasteiger partial charge on any atom is -0.109 e. The van der Waals surface area contributed by atoms with Crippen LogP contribution in [0.3, 0.4) is 0 Å². The number of benzene rings is 7. The van der Waals surface area contributed by atoms with E-state index in [1.807, 2.05) is 54.6 Å². The van der Waals surface area contributed by atoms with Crippen LogP contribution in [0.4, 0.5) is 13.2 Å². The third-order valence-corrected chi connectivity index (χ3v) is 12.3. The number of fused-ring (bicyclic) bond motifs is 4. The van der Waals surface area contributed by atoms with Crippen LogP contribution in [0.2, 0.25) is 0 Å². The Balaban J connectivity index is 0.000000173. The fraction of sp³-hybridized carbons (Fsp3) is 0.196. The first-order valence-corrected chi connectivity index (χ1v) is 21.7. The summed E-state index contributed by atoms with van der Waals surface area (Å²) in [7, 11) is 0. The maximum absolute atomic E-state index is 12.9. The van der Waals surface area contributed by atoms with Crippen LogP contribution in [-0.4, -0.2) is 3.21 Å². The molecule has 0 aromatic heterocycles. The van der Waals surface area contributed by atoms with Crippen molar-refractivity contribution in [2.75, 3.05) is 0 Å². The number of hydrogen-bond acceptors (Lipinski definition) is 0. The van der Waals surface area contributed by atoms with Gasteiger partial charge < -0.3 is 0 Å². The van der Waals surface area contributed by atoms with Crippen LogP contribution in [0.1, 0.15) is 86.9 Å². The molecule has 2 aliphatic rings. The zero-order valence-electron chi connectivity index (χ0n) is 35.1. The average Bonchev–Trinajstić information content (AvgIpc) is 3.94. The van der Waals surface area contributed by atoms with Gasteiger partial charge in [-0.25, -0.2) is 12.2 Å². The minimum Gasteiger partial charge on any atom is -0.273 e. The van der Waals surface area contributed by atoms with E-state index in [0.717, 1.165) is 62.7 Å². The molecule has 0 N–H and O–H groups in total. The molecule has 60 heavy (non-hydrogen) atoms. The van der Waals surface area contributed by atoms with E-state index in [4.69, 9.17) is 0 Å². The summed E-state index contributed by atoms with van der Waals surface area (Å²) in [5.74, 6) is 0. The fourth-order valence-electron chi connectivity index (χ4n) is 7.89. The molecule has 7 aromatic carbocycles. The topological polar surface area (TPSA) is 0 Å². The molecule has 0 bridgehead atoms. The molecule has 0 heterocycles. The van der Waals surface area contributed by atoms with Gasteiger partial charge in [-0.05, 0) is 39.5 Å². The van der Waals surface area contributed by atoms with Crippen LogP contribution >= 0.6 is 0 Å². The van der Waals surface area contributed by atoms with Crippen LogP contribution < -0.4 is 0 Å². The molecule has 0 unspecified atom stereocenters. The van der Waals surface area contributed by atoms with Gasteiger partial charge in [0.25, 0.3) is 0 Å². The Kier molecular flexibility index (Phi) is 12.7. The van der Waals surface area contributed by atoms with E-state index >= 15 is 0 Å². The number of hydrogen-bond donors (Lipinski definition) is 0. The monoisotopic (exact) mass is 868 g/mol. The molecule has 0 radical (unpaired) electrons. The number of halogens is 3. The normalized spacial score (nSPS) is 12.9. The molecule has 7 aromatic rings. The number of alkyl halides is 3. The minimum absolute atomic E-state index is 0.0380. The maximum atomic E-state index is 12.9. The second kappa shape index (κ2) is 17.8. The standard InChI is InChI=1S/C33H33.C18H11F3.C5H5.Zr/c1-32(2,3)30-20-26-24(18-28(30)22-13-9-7-10-14-22)17-25-19-29(23-15-11-8-12-16-23)31(21-27(25)26)33(4,5)6;19-18(20,21)16-9-3-5-13(12-16)11-15-8-4-7-14-6-1-2-10-17(14)15;1-2-4-5-3-1;/h7-16,18,20-21H,17H2,1-6H3;1-10,12H;1-3H,4H2;/q-1;;-1;+2. The van der Waals surface area contributed by atoms with Gasteiger partial charge in [-0.2, -0.15) is 6.08 Å². The number of rotatable bonds is 4. The Morgan fingerprint density at radius 1 is 0.600 bits per heavy atom. The SMILES string of the molecule is CC(C)(C)c1cc2c([c-]c1-c1ccccc1)Cc1cc(-c3ccccc3)c(C(C)(C)C)cc1-2.FC(F)(F)c1cccc([C](=[Zr+2])c2cccc3ccccc23)c1.[C-]1=CC=CC1. The Bertz CT molecular complexity index is 2580. The van der Waals surface area contributed by atoms with Gasteiger partial charge in [0.2, 0.25) is 0 Å². The van der Waals surface area contributed by atoms with Gasteiger partial charge in [-0.15, -0.1) is 35.2 Å². The predicted octanol–water partition coefficient (Wildman–Crippen LogP) is 15.3. The van der Waals surface area contributed by atoms with Gasteiger partial charge in [-0.3, -0.25) is 6.08 Å². The first-order valence-electron chi connectivity index (χ1n) is 20.4. The summed E-state index contributed by atoms with van der Waals surface area (Å²) < 4.78 is 39.6. The Morgan fingerprint density at radius 2 is 1.22 bits per heavy atom. The zero-order valence-corrected chi connectivity index (χ0v) is 37.6. The molecular weight excluding hydrogens is 821 g/mol. The molecule has 0 spiro atoms. The van der Waals surface area contributed by atoms with Crippen LogP contribution in [-0.2, 0) is 47.7 Å². The third-order valence-electron chi connectivity index (χ3n) is 10.9. The van der Waals surface area contributed by atoms with E-state index in [9.17, 15) is 13.2 Å². The van der Waals surface area contributed by atoms with Crippen LogP contribution in [0.5, 0.6) is 0 Å². The second-order valence-corrected chi connectivity index (χ2v) is 18.6. The van der Waals surface area contributed by atoms with E-state index in [2.05, 4.69) is 139 Å². The summed E-state index contributed by atoms with van der Waals surface area (Å²) >= 11 is 1.09. The first-order chi connectivity index (χ1) is 28.6. The summed E-state index contributed by atoms with van der Waals surface area (Å²) in [5.41, 5.74) is 14.5. The van der Waals surface area contributed by atoms with E-state index < -0.39 is 11.7 Å². The molecule has 0 saturated carbocycles. The van der Waals surface area contributed by atoms with Gasteiger partial charge in [0.05, 0.1) is 0 Å². The predicted molar refractivity (Wildman–Crippen MR) is 242 cm³/mol. The summed E-state index contributed by atoms with van der Waals surface area (Å²) in [5, 5.41) is 2.15. The van der Waals surface area contributed by atoms with Gasteiger partial charge in [0.15, 0.2) is 0 Å². The van der Waals surface area contributed by atoms with Crippen molar-refractivity contribution in [1.29, 1.82) is 0 Å². The van der Waals surface area contributed by atoms with E-state index in [-0.39, 0.29) is 10.8 Å². The Hall–Kier alpha value is -5.18. The van der Waals surface area contributed by atoms with Crippen LogP contribution in [0.25, 0.3) is 44.2 Å². The van der Waals surface area contributed by atoms with Crippen molar-refractivity contribution < 1.29 is 37.4 Å². The largest absolute Gasteiger partial charge is 0.273 e. The molecule has 2 aliphatic carbocycles. The van der Waals surface area contributed by atoms with E-state index in [1.165, 1.54) is 67.8 Å². The molecule has 0 saturated heterocycles. The summed E-state index contributed by atoms with van der Waals surface area (Å²) in [6, 6.07) is 52.2. The third kappa shape index (κ3) is 9.72. The molecule has 0 amide bonds. The fourth-order valence-corrected chi connectivity index (χ4v) is 8.81. The number of allylic oxidation sites excluding steroid dienone is 4. The average molecular weight is 870 g/mol. The van der Waals surface area contributed by atoms with E-state index in [0.29, 0.717) is 5.56 Å². The van der Waals surface area contributed by atoms with Crippen molar-refractivity contribution in [3.05, 3.63) is 215 Å². The molecule has 298 valence electrons. The van der Waals surface area contributed by atoms with Gasteiger partial charge in [0, 0.05) is 0 Å². The first kappa shape index (κ1) is 42.9. The Morgan fingerprint density at radius 3 is 1.83 bits per heavy atom. The van der Waals surface area contributed by atoms with Gasteiger partial charge >= 0.3 is 141 Å². The molecule has 0 atom stereocenters. The van der Waals surface area contributed by atoms with Crippen molar-refractivity contribution in [3.8, 4) is 33.4 Å². The summed E-state index contributed by atoms with van der Waals surface area (Å²) in [6.07, 6.45) is 6.63.